The van der Waals surface area contributed by atoms with E-state index in [-0.39, 0.29) is 0 Å². The van der Waals surface area contributed by atoms with E-state index >= 15 is 0 Å². The molecule has 0 aromatic heterocycles. The number of nitrogens with one attached hydrogen (secondary N) is 3. The van der Waals surface area contributed by atoms with Gasteiger partial charge in [0.25, 0.3) is 17.7 Å². The molecule has 3 unspecified atom stereocenters. The number of hydrogen-bond donors (Lipinski definition) is 6. The Labute approximate surface area is 411 Å². The number of carbonyl (C=O) groups excluding carboxylic acids is 3. The summed E-state index contributed by atoms with van der Waals surface area (Å²) in [5.41, 5.74) is 12.6. The van der Waals surface area contributed by atoms with Crippen molar-refractivity contribution < 1.29 is 43.2 Å². The fourth-order valence-electron chi connectivity index (χ4n) is 8.12. The van der Waals surface area contributed by atoms with E-state index in [2.05, 4.69) is 39.0 Å². The summed E-state index contributed by atoms with van der Waals surface area (Å²) in [5.74, 6) is -2.65. The zero-order chi connectivity index (χ0) is 50.6. The van der Waals surface area contributed by atoms with Crippen LogP contribution in [0.3, 0.4) is 0 Å². The molecule has 0 bridgehead atoms. The third-order valence-electron chi connectivity index (χ3n) is 11.4. The van der Waals surface area contributed by atoms with E-state index < -0.39 is 52.2 Å². The Morgan fingerprint density at radius 1 is 0.500 bits per heavy atom. The lowest BCUT2D eigenvalue weighted by molar-refractivity contribution is -0.137. The summed E-state index contributed by atoms with van der Waals surface area (Å²) in [4.78, 5) is 36.4. The van der Waals surface area contributed by atoms with E-state index in [4.69, 9.17) is 27.2 Å². The third kappa shape index (κ3) is 15.2. The van der Waals surface area contributed by atoms with Crippen LogP contribution in [0.4, 0.5) is 13.2 Å². The highest BCUT2D eigenvalue weighted by molar-refractivity contribution is 6.31. The van der Waals surface area contributed by atoms with Crippen LogP contribution < -0.4 is 16.4 Å². The van der Waals surface area contributed by atoms with Crippen LogP contribution in [0.1, 0.15) is 101 Å². The summed E-state index contributed by atoms with van der Waals surface area (Å²) < 4.78 is 38.7. The molecule has 3 amide bonds. The zero-order valence-electron chi connectivity index (χ0n) is 39.0. The smallest absolute Gasteiger partial charge is 0.289 e. The van der Waals surface area contributed by atoms with E-state index in [1.54, 1.807) is 71.0 Å². The minimum absolute atomic E-state index is 0.400. The van der Waals surface area contributed by atoms with Crippen molar-refractivity contribution in [3.8, 4) is 11.1 Å². The molecule has 7 rings (SSSR count). The average Bonchev–Trinajstić information content (AvgIpc) is 3.37. The maximum Gasteiger partial charge on any atom is 0.417 e. The summed E-state index contributed by atoms with van der Waals surface area (Å²) in [5, 5.41) is 26.8. The van der Waals surface area contributed by atoms with Crippen molar-refractivity contribution in [2.24, 2.45) is 5.92 Å². The minimum Gasteiger partial charge on any atom is -0.289 e. The molecule has 6 N–H and O–H groups in total. The summed E-state index contributed by atoms with van der Waals surface area (Å²) in [7, 11) is 0. The van der Waals surface area contributed by atoms with Gasteiger partial charge in [0.05, 0.1) is 28.3 Å². The van der Waals surface area contributed by atoms with Crippen LogP contribution in [0.25, 0.3) is 11.1 Å². The van der Waals surface area contributed by atoms with Crippen LogP contribution in [0, 0.1) is 5.92 Å². The number of hydroxylamine groups is 3. The Morgan fingerprint density at radius 3 is 1.29 bits per heavy atom. The van der Waals surface area contributed by atoms with Crippen LogP contribution in [-0.4, -0.2) is 33.3 Å². The molecule has 9 nitrogen and oxygen atoms in total. The molecule has 0 spiro atoms. The van der Waals surface area contributed by atoms with E-state index in [0.29, 0.717) is 28.2 Å². The monoisotopic (exact) mass is 971 g/mol. The SMILES string of the molecule is CC(C)Cc1cccc(C(C(=O)NO)c2ccccc2)c1.CCCCc1cccc(C(C(=O)NO)c2ccccc2)c1.O=C(NO)C(c1ccccc1)c1cccc(-c2ccc(C(F)(F)F)c(Cl)c2)c1. The quantitative estimate of drug-likeness (QED) is 0.0445. The van der Waals surface area contributed by atoms with Gasteiger partial charge in [0.1, 0.15) is 0 Å². The van der Waals surface area contributed by atoms with E-state index in [1.165, 1.54) is 23.3 Å². The van der Waals surface area contributed by atoms with Crippen molar-refractivity contribution in [1.82, 2.24) is 16.4 Å². The molecule has 0 aliphatic rings. The zero-order valence-corrected chi connectivity index (χ0v) is 39.8. The van der Waals surface area contributed by atoms with Gasteiger partial charge in [-0.2, -0.15) is 13.2 Å². The second-order valence-corrected chi connectivity index (χ2v) is 17.4. The molecule has 0 aliphatic heterocycles. The number of carbonyl (C=O) groups is 3. The number of amides is 3. The first-order chi connectivity index (χ1) is 33.7. The number of aryl methyl sites for hydroxylation is 1. The Morgan fingerprint density at radius 2 is 0.886 bits per heavy atom. The van der Waals surface area contributed by atoms with E-state index in [0.717, 1.165) is 54.0 Å². The van der Waals surface area contributed by atoms with Gasteiger partial charge < -0.3 is 0 Å². The molecule has 70 heavy (non-hydrogen) atoms. The highest BCUT2D eigenvalue weighted by Crippen LogP contribution is 2.38. The number of benzene rings is 7. The highest BCUT2D eigenvalue weighted by Gasteiger charge is 2.33. The Hall–Kier alpha value is -7.09. The lowest BCUT2D eigenvalue weighted by Gasteiger charge is -2.17. The first-order valence-corrected chi connectivity index (χ1v) is 23.2. The second kappa shape index (κ2) is 26.6. The fraction of sp³-hybridized carbons (Fsp3) is 0.211. The van der Waals surface area contributed by atoms with Crippen molar-refractivity contribution in [3.05, 3.63) is 237 Å². The summed E-state index contributed by atoms with van der Waals surface area (Å²) >= 11 is 5.82. The first kappa shape index (κ1) is 53.9. The molecule has 7 aromatic carbocycles. The lowest BCUT2D eigenvalue weighted by Crippen LogP contribution is -2.27. The van der Waals surface area contributed by atoms with Crippen LogP contribution in [0.15, 0.2) is 182 Å². The number of rotatable bonds is 15. The van der Waals surface area contributed by atoms with Gasteiger partial charge in [-0.3, -0.25) is 30.0 Å². The molecule has 0 saturated heterocycles. The van der Waals surface area contributed by atoms with Gasteiger partial charge in [0.2, 0.25) is 0 Å². The second-order valence-electron chi connectivity index (χ2n) is 17.0. The molecule has 13 heteroatoms. The predicted octanol–water partition coefficient (Wildman–Crippen LogP) is 12.9. The number of hydrogen-bond acceptors (Lipinski definition) is 6. The van der Waals surface area contributed by atoms with Gasteiger partial charge in [-0.25, -0.2) is 16.4 Å². The van der Waals surface area contributed by atoms with Crippen molar-refractivity contribution in [3.63, 3.8) is 0 Å². The molecule has 0 radical (unpaired) electrons. The maximum absolute atomic E-state index is 12.9. The average molecular weight is 973 g/mol. The summed E-state index contributed by atoms with van der Waals surface area (Å²) in [6.45, 7) is 6.50. The Balaban J connectivity index is 0.000000199. The van der Waals surface area contributed by atoms with Gasteiger partial charge in [-0.05, 0) is 92.9 Å². The Bertz CT molecular complexity index is 2760. The van der Waals surface area contributed by atoms with Crippen LogP contribution in [-0.2, 0) is 33.4 Å². The largest absolute Gasteiger partial charge is 0.417 e. The molecule has 0 heterocycles. The van der Waals surface area contributed by atoms with Gasteiger partial charge in [0.15, 0.2) is 0 Å². The first-order valence-electron chi connectivity index (χ1n) is 22.8. The molecule has 364 valence electrons. The van der Waals surface area contributed by atoms with Crippen molar-refractivity contribution >= 4 is 29.3 Å². The van der Waals surface area contributed by atoms with Gasteiger partial charge >= 0.3 is 6.18 Å². The van der Waals surface area contributed by atoms with Gasteiger partial charge in [-0.1, -0.05) is 209 Å². The van der Waals surface area contributed by atoms with E-state index in [9.17, 15) is 27.6 Å². The maximum atomic E-state index is 12.9. The fourth-order valence-corrected chi connectivity index (χ4v) is 8.41. The van der Waals surface area contributed by atoms with E-state index in [1.807, 2.05) is 91.0 Å². The van der Waals surface area contributed by atoms with Crippen LogP contribution >= 0.6 is 11.6 Å². The molecule has 3 atom stereocenters. The van der Waals surface area contributed by atoms with Crippen molar-refractivity contribution in [2.45, 2.75) is 70.4 Å². The Kier molecular flexibility index (Phi) is 20.5. The van der Waals surface area contributed by atoms with Gasteiger partial charge in [-0.15, -0.1) is 0 Å². The summed E-state index contributed by atoms with van der Waals surface area (Å²) in [6, 6.07) is 54.2. The number of unbranched alkanes of at least 4 members (excludes halogenated alkanes) is 1. The normalized spacial score (nSPS) is 12.2. The molecular weight excluding hydrogens is 915 g/mol. The molecule has 0 aliphatic carbocycles. The highest BCUT2D eigenvalue weighted by atomic mass is 35.5. The van der Waals surface area contributed by atoms with Gasteiger partial charge in [0, 0.05) is 0 Å². The third-order valence-corrected chi connectivity index (χ3v) is 11.7. The lowest BCUT2D eigenvalue weighted by atomic mass is 9.88. The molecular formula is C57H57ClF3N3O6. The van der Waals surface area contributed by atoms with Crippen LogP contribution in [0.5, 0.6) is 0 Å². The molecule has 0 fully saturated rings. The predicted molar refractivity (Wildman–Crippen MR) is 267 cm³/mol. The topological polar surface area (TPSA) is 148 Å². The molecule has 0 saturated carbocycles. The number of halogens is 4. The standard InChI is InChI=1S/C21H15ClF3NO2.2C18H21NO2/c22-18-12-15(9-10-17(18)21(23,24)25)14-7-4-8-16(11-14)19(20(27)26-28)13-5-2-1-3-6-13;1-13(2)11-14-7-6-10-16(12-14)17(18(20)19-21)15-8-4-3-5-9-15;1-2-3-8-14-9-7-12-16(13-14)17(18(20)19-21)15-10-5-4-6-11-15/h1-12,19,28H,(H,26,27);3-10,12-13,17,21H,11H2,1-2H3,(H,19,20);4-7,9-13,17,21H,2-3,8H2,1H3,(H,19,20). The number of alkyl halides is 3. The molecule has 7 aromatic rings. The van der Waals surface area contributed by atoms with Crippen LogP contribution in [0.2, 0.25) is 5.02 Å². The summed E-state index contributed by atoms with van der Waals surface area (Å²) in [6.07, 6.45) is -0.285. The minimum atomic E-state index is -4.53. The van der Waals surface area contributed by atoms with Crippen molar-refractivity contribution in [1.29, 1.82) is 0 Å². The van der Waals surface area contributed by atoms with Crippen molar-refractivity contribution in [2.75, 3.05) is 0 Å².